The second-order valence-corrected chi connectivity index (χ2v) is 12.9. The number of hydrogen-bond donors (Lipinski definition) is 0. The second-order valence-electron chi connectivity index (χ2n) is 11.9. The minimum absolute atomic E-state index is 0.0932. The molecule has 270 valence electrons. The van der Waals surface area contributed by atoms with E-state index in [0.29, 0.717) is 44.1 Å². The minimum atomic E-state index is -0.982. The molecule has 0 radical (unpaired) electrons. The van der Waals surface area contributed by atoms with Crippen LogP contribution in [0.1, 0.15) is 40.0 Å². The van der Waals surface area contributed by atoms with E-state index in [2.05, 4.69) is 0 Å². The van der Waals surface area contributed by atoms with Crippen LogP contribution in [-0.2, 0) is 9.53 Å². The number of ether oxygens (including phenoxy) is 4. The van der Waals surface area contributed by atoms with E-state index in [0.717, 1.165) is 16.7 Å². The Kier molecular flexibility index (Phi) is 9.88. The van der Waals surface area contributed by atoms with Crippen molar-refractivity contribution in [3.63, 3.8) is 0 Å². The largest absolute Gasteiger partial charge is 0.493 e. The number of nitrogens with zero attached hydrogens (tertiary/aromatic N) is 3. The van der Waals surface area contributed by atoms with Crippen LogP contribution in [0.25, 0.3) is 22.5 Å². The lowest BCUT2D eigenvalue weighted by Gasteiger charge is -2.26. The molecule has 5 aromatic carbocycles. The highest BCUT2D eigenvalue weighted by Gasteiger charge is 2.36. The number of thiazole rings is 1. The van der Waals surface area contributed by atoms with Crippen LogP contribution >= 0.6 is 11.3 Å². The number of esters is 2. The number of carbonyl (C=O) groups is 2. The zero-order valence-corrected chi connectivity index (χ0v) is 30.0. The molecule has 0 spiro atoms. The highest BCUT2D eigenvalue weighted by molar-refractivity contribution is 7.07. The lowest BCUT2D eigenvalue weighted by atomic mass is 9.93. The monoisotopic (exact) mass is 741 g/mol. The zero-order valence-electron chi connectivity index (χ0n) is 29.2. The molecule has 0 aliphatic carbocycles. The van der Waals surface area contributed by atoms with Crippen molar-refractivity contribution >= 4 is 51.5 Å². The highest BCUT2D eigenvalue weighted by Crippen LogP contribution is 2.39. The van der Waals surface area contributed by atoms with Gasteiger partial charge in [0.15, 0.2) is 16.3 Å². The first-order valence-corrected chi connectivity index (χ1v) is 17.5. The van der Waals surface area contributed by atoms with Crippen molar-refractivity contribution in [1.29, 1.82) is 0 Å². The standard InChI is InChI=1S/C41H31N3O9S/c1-4-52-40(47)35-36(25-11-6-5-7-12-25)42-41-43(37(35)27-17-21-32(50-2)33(22-27)51-3)38(45)34(54-41)23-30-29-13-9-8-10-24(29)16-20-31(30)53-39(46)26-14-18-28(19-15-26)44(48)49/h5-23,37H,4H2,1-3H3/b34-23-/t37-/m0/s1. The van der Waals surface area contributed by atoms with Gasteiger partial charge in [0, 0.05) is 23.3 Å². The maximum Gasteiger partial charge on any atom is 0.343 e. The van der Waals surface area contributed by atoms with Crippen LogP contribution in [-0.4, -0.2) is 42.3 Å². The van der Waals surface area contributed by atoms with E-state index in [1.54, 1.807) is 43.3 Å². The third kappa shape index (κ3) is 6.63. The molecule has 0 saturated heterocycles. The molecule has 0 N–H and O–H groups in total. The summed E-state index contributed by atoms with van der Waals surface area (Å²) in [6.07, 6.45) is 1.65. The fourth-order valence-corrected chi connectivity index (χ4v) is 7.28. The van der Waals surface area contributed by atoms with E-state index in [1.165, 1.54) is 43.1 Å². The van der Waals surface area contributed by atoms with Crippen molar-refractivity contribution in [2.24, 2.45) is 4.99 Å². The van der Waals surface area contributed by atoms with E-state index < -0.39 is 28.5 Å². The van der Waals surface area contributed by atoms with Gasteiger partial charge >= 0.3 is 11.9 Å². The fourth-order valence-electron chi connectivity index (χ4n) is 6.30. The molecule has 12 nitrogen and oxygen atoms in total. The van der Waals surface area contributed by atoms with Crippen molar-refractivity contribution < 1.29 is 33.5 Å². The van der Waals surface area contributed by atoms with E-state index in [9.17, 15) is 24.5 Å². The Hall–Kier alpha value is -6.86. The number of nitro benzene ring substituents is 1. The van der Waals surface area contributed by atoms with E-state index >= 15 is 0 Å². The summed E-state index contributed by atoms with van der Waals surface area (Å²) in [7, 11) is 3.02. The molecule has 0 bridgehead atoms. The van der Waals surface area contributed by atoms with Gasteiger partial charge in [0.25, 0.3) is 11.2 Å². The Balaban J connectivity index is 1.46. The van der Waals surface area contributed by atoms with Gasteiger partial charge in [-0.3, -0.25) is 19.5 Å². The summed E-state index contributed by atoms with van der Waals surface area (Å²) in [6, 6.07) is 29.3. The van der Waals surface area contributed by atoms with Crippen LogP contribution < -0.4 is 29.1 Å². The zero-order chi connectivity index (χ0) is 37.9. The Morgan fingerprint density at radius 3 is 2.28 bits per heavy atom. The second kappa shape index (κ2) is 15.0. The predicted molar refractivity (Wildman–Crippen MR) is 203 cm³/mol. The minimum Gasteiger partial charge on any atom is -0.493 e. The first-order chi connectivity index (χ1) is 26.2. The molecule has 7 rings (SSSR count). The first kappa shape index (κ1) is 35.5. The smallest absolute Gasteiger partial charge is 0.343 e. The molecular weight excluding hydrogens is 711 g/mol. The third-order valence-electron chi connectivity index (χ3n) is 8.82. The molecule has 1 aliphatic heterocycles. The first-order valence-electron chi connectivity index (χ1n) is 16.7. The Labute approximate surface area is 311 Å². The van der Waals surface area contributed by atoms with Gasteiger partial charge in [0.05, 0.1) is 53.2 Å². The van der Waals surface area contributed by atoms with Crippen LogP contribution in [0.15, 0.2) is 125 Å². The van der Waals surface area contributed by atoms with E-state index in [1.807, 2.05) is 54.6 Å². The number of benzene rings is 5. The Bertz CT molecular complexity index is 2670. The predicted octanol–water partition coefficient (Wildman–Crippen LogP) is 6.23. The number of non-ortho nitro benzene ring substituents is 1. The summed E-state index contributed by atoms with van der Waals surface area (Å²) in [6.45, 7) is 1.80. The number of nitro groups is 1. The van der Waals surface area contributed by atoms with Gasteiger partial charge in [0.1, 0.15) is 5.75 Å². The van der Waals surface area contributed by atoms with Crippen LogP contribution in [0.4, 0.5) is 5.69 Å². The van der Waals surface area contributed by atoms with Crippen LogP contribution in [0.5, 0.6) is 17.2 Å². The van der Waals surface area contributed by atoms with Gasteiger partial charge in [-0.1, -0.05) is 78.1 Å². The lowest BCUT2D eigenvalue weighted by Crippen LogP contribution is -2.40. The summed E-state index contributed by atoms with van der Waals surface area (Å²) in [5, 5.41) is 12.7. The van der Waals surface area contributed by atoms with Crippen molar-refractivity contribution in [3.8, 4) is 17.2 Å². The van der Waals surface area contributed by atoms with E-state index in [4.69, 9.17) is 23.9 Å². The van der Waals surface area contributed by atoms with Gasteiger partial charge in [-0.15, -0.1) is 0 Å². The SMILES string of the molecule is CCOC(=O)C1=C(c2ccccc2)N=c2s/c(=C\c3c(OC(=O)c4ccc([N+](=O)[O-])cc4)ccc4ccccc34)c(=O)n2[C@H]1c1ccc(OC)c(OC)c1. The molecule has 0 unspecified atom stereocenters. The van der Waals surface area contributed by atoms with Crippen LogP contribution in [0.3, 0.4) is 0 Å². The van der Waals surface area contributed by atoms with Crippen LogP contribution in [0.2, 0.25) is 0 Å². The van der Waals surface area contributed by atoms with Gasteiger partial charge in [-0.25, -0.2) is 14.6 Å². The molecule has 0 saturated carbocycles. The van der Waals surface area contributed by atoms with Crippen LogP contribution in [0, 0.1) is 10.1 Å². The number of aromatic nitrogens is 1. The van der Waals surface area contributed by atoms with Crippen molar-refractivity contribution in [2.75, 3.05) is 20.8 Å². The molecular formula is C41H31N3O9S. The summed E-state index contributed by atoms with van der Waals surface area (Å²) >= 11 is 1.12. The molecule has 54 heavy (non-hydrogen) atoms. The van der Waals surface area contributed by atoms with Crippen molar-refractivity contribution in [1.82, 2.24) is 4.57 Å². The fraction of sp³-hybridized carbons (Fsp3) is 0.122. The molecule has 2 heterocycles. The topological polar surface area (TPSA) is 149 Å². The van der Waals surface area contributed by atoms with Gasteiger partial charge in [-0.05, 0) is 59.7 Å². The number of carbonyl (C=O) groups excluding carboxylic acids is 2. The quantitative estimate of drug-likeness (QED) is 0.0689. The number of hydrogen-bond acceptors (Lipinski definition) is 11. The van der Waals surface area contributed by atoms with Gasteiger partial charge in [0.2, 0.25) is 0 Å². The summed E-state index contributed by atoms with van der Waals surface area (Å²) < 4.78 is 24.3. The maximum atomic E-state index is 14.7. The Morgan fingerprint density at radius 1 is 0.870 bits per heavy atom. The number of rotatable bonds is 10. The average Bonchev–Trinajstić information content (AvgIpc) is 3.51. The molecule has 1 atom stereocenters. The highest BCUT2D eigenvalue weighted by atomic mass is 32.1. The number of fused-ring (bicyclic) bond motifs is 2. The molecule has 1 aromatic heterocycles. The summed E-state index contributed by atoms with van der Waals surface area (Å²) in [4.78, 5) is 57.8. The van der Waals surface area contributed by atoms with Gasteiger partial charge < -0.3 is 18.9 Å². The maximum absolute atomic E-state index is 14.7. The number of methoxy groups -OCH3 is 2. The van der Waals surface area contributed by atoms with Crippen molar-refractivity contribution in [2.45, 2.75) is 13.0 Å². The molecule has 1 aliphatic rings. The summed E-state index contributed by atoms with van der Waals surface area (Å²) in [5.41, 5.74) is 1.65. The lowest BCUT2D eigenvalue weighted by molar-refractivity contribution is -0.384. The molecule has 6 aromatic rings. The Morgan fingerprint density at radius 2 is 1.57 bits per heavy atom. The molecule has 0 fully saturated rings. The normalized spacial score (nSPS) is 13.9. The molecule has 13 heteroatoms. The van der Waals surface area contributed by atoms with E-state index in [-0.39, 0.29) is 33.7 Å². The average molecular weight is 742 g/mol. The third-order valence-corrected chi connectivity index (χ3v) is 9.80. The molecule has 0 amide bonds. The van der Waals surface area contributed by atoms with Crippen molar-refractivity contribution in [3.05, 3.63) is 167 Å². The van der Waals surface area contributed by atoms with Gasteiger partial charge in [-0.2, -0.15) is 0 Å². The summed E-state index contributed by atoms with van der Waals surface area (Å²) in [5.74, 6) is -0.351.